The molecule has 0 fully saturated rings. The average molecular weight is 228 g/mol. The Kier molecular flexibility index (Phi) is 4.09. The van der Waals surface area contributed by atoms with Crippen LogP contribution in [-0.4, -0.2) is 41.1 Å². The van der Waals surface area contributed by atoms with E-state index in [1.807, 2.05) is 0 Å². The quantitative estimate of drug-likeness (QED) is 0.692. The summed E-state index contributed by atoms with van der Waals surface area (Å²) in [6, 6.07) is 0. The van der Waals surface area contributed by atoms with Gasteiger partial charge < -0.3 is 19.7 Å². The summed E-state index contributed by atoms with van der Waals surface area (Å²) in [6.07, 6.45) is 2.60. The van der Waals surface area contributed by atoms with E-state index in [1.165, 1.54) is 18.2 Å². The highest BCUT2D eigenvalue weighted by Crippen LogP contribution is 2.27. The van der Waals surface area contributed by atoms with Crippen LogP contribution in [0.4, 0.5) is 0 Å². The third kappa shape index (κ3) is 2.25. The van der Waals surface area contributed by atoms with Crippen LogP contribution < -0.4 is 0 Å². The molecule has 0 aromatic heterocycles. The minimum Gasteiger partial charge on any atom is -0.508 e. The van der Waals surface area contributed by atoms with Gasteiger partial charge in [0.15, 0.2) is 0 Å². The number of aliphatic hydroxyl groups excluding tert-OH is 2. The van der Waals surface area contributed by atoms with Crippen molar-refractivity contribution in [3.05, 3.63) is 24.0 Å². The van der Waals surface area contributed by atoms with Crippen LogP contribution in [0.3, 0.4) is 0 Å². The lowest BCUT2D eigenvalue weighted by Gasteiger charge is -2.32. The van der Waals surface area contributed by atoms with E-state index < -0.39 is 17.7 Å². The molecule has 0 radical (unpaired) electrons. The molecular weight excluding hydrogens is 212 g/mol. The monoisotopic (exact) mass is 228 g/mol. The van der Waals surface area contributed by atoms with E-state index >= 15 is 0 Å². The molecule has 1 aliphatic carbocycles. The van der Waals surface area contributed by atoms with Gasteiger partial charge in [-0.05, 0) is 26.0 Å². The molecule has 2 atom stereocenters. The highest BCUT2D eigenvalue weighted by Gasteiger charge is 2.46. The van der Waals surface area contributed by atoms with Crippen molar-refractivity contribution in [1.29, 1.82) is 0 Å². The molecule has 0 heterocycles. The number of ether oxygens (including phenoxy) is 2. The number of rotatable bonds is 4. The third-order valence-electron chi connectivity index (χ3n) is 2.23. The number of esters is 1. The zero-order valence-electron chi connectivity index (χ0n) is 9.34. The minimum atomic E-state index is -1.64. The van der Waals surface area contributed by atoms with Gasteiger partial charge in [0.1, 0.15) is 11.9 Å². The Bertz CT molecular complexity index is 320. The lowest BCUT2D eigenvalue weighted by atomic mass is 9.91. The first kappa shape index (κ1) is 12.7. The first-order valence-electron chi connectivity index (χ1n) is 5.16. The SMILES string of the molecule is CCOC(=O)C1(OCC)C=C(O)C=CC1O. The Labute approximate surface area is 94.0 Å². The van der Waals surface area contributed by atoms with Gasteiger partial charge in [0.25, 0.3) is 0 Å². The van der Waals surface area contributed by atoms with Crippen LogP contribution in [0.25, 0.3) is 0 Å². The van der Waals surface area contributed by atoms with Crippen LogP contribution in [0.1, 0.15) is 13.8 Å². The van der Waals surface area contributed by atoms with Gasteiger partial charge in [-0.1, -0.05) is 0 Å². The Morgan fingerprint density at radius 1 is 1.50 bits per heavy atom. The second-order valence-electron chi connectivity index (χ2n) is 3.32. The minimum absolute atomic E-state index is 0.133. The van der Waals surface area contributed by atoms with Crippen molar-refractivity contribution >= 4 is 5.97 Å². The normalized spacial score (nSPS) is 28.7. The summed E-state index contributed by atoms with van der Waals surface area (Å²) in [5, 5.41) is 19.2. The molecule has 5 nitrogen and oxygen atoms in total. The van der Waals surface area contributed by atoms with Crippen LogP contribution in [0.15, 0.2) is 24.0 Å². The maximum Gasteiger partial charge on any atom is 0.345 e. The molecule has 0 aromatic rings. The van der Waals surface area contributed by atoms with Crippen molar-refractivity contribution in [3.8, 4) is 0 Å². The van der Waals surface area contributed by atoms with E-state index in [-0.39, 0.29) is 19.0 Å². The molecule has 0 saturated carbocycles. The number of allylic oxidation sites excluding steroid dienone is 1. The highest BCUT2D eigenvalue weighted by atomic mass is 16.6. The van der Waals surface area contributed by atoms with Gasteiger partial charge in [0, 0.05) is 12.7 Å². The van der Waals surface area contributed by atoms with E-state index in [0.29, 0.717) is 0 Å². The molecule has 0 amide bonds. The van der Waals surface area contributed by atoms with Gasteiger partial charge in [-0.25, -0.2) is 4.79 Å². The van der Waals surface area contributed by atoms with Crippen molar-refractivity contribution in [3.63, 3.8) is 0 Å². The second kappa shape index (κ2) is 5.14. The molecular formula is C11H16O5. The van der Waals surface area contributed by atoms with Crippen molar-refractivity contribution in [2.45, 2.75) is 25.6 Å². The van der Waals surface area contributed by atoms with E-state index in [4.69, 9.17) is 9.47 Å². The van der Waals surface area contributed by atoms with Gasteiger partial charge in [-0.3, -0.25) is 0 Å². The van der Waals surface area contributed by atoms with E-state index in [9.17, 15) is 15.0 Å². The predicted molar refractivity (Wildman–Crippen MR) is 56.8 cm³/mol. The van der Waals surface area contributed by atoms with Crippen LogP contribution >= 0.6 is 0 Å². The van der Waals surface area contributed by atoms with Crippen LogP contribution in [0.2, 0.25) is 0 Å². The van der Waals surface area contributed by atoms with Crippen molar-refractivity contribution in [1.82, 2.24) is 0 Å². The molecule has 2 unspecified atom stereocenters. The summed E-state index contributed by atoms with van der Waals surface area (Å²) < 4.78 is 10.1. The molecule has 16 heavy (non-hydrogen) atoms. The van der Waals surface area contributed by atoms with E-state index in [0.717, 1.165) is 0 Å². The summed E-state index contributed by atoms with van der Waals surface area (Å²) in [4.78, 5) is 11.8. The standard InChI is InChI=1S/C11H16O5/c1-3-15-10(14)11(16-4-2)7-8(12)5-6-9(11)13/h5-7,9,12-13H,3-4H2,1-2H3. The van der Waals surface area contributed by atoms with Gasteiger partial charge in [-0.15, -0.1) is 0 Å². The Morgan fingerprint density at radius 2 is 2.19 bits per heavy atom. The molecule has 1 aliphatic rings. The van der Waals surface area contributed by atoms with Crippen LogP contribution in [-0.2, 0) is 14.3 Å². The van der Waals surface area contributed by atoms with E-state index in [2.05, 4.69) is 0 Å². The van der Waals surface area contributed by atoms with Gasteiger partial charge >= 0.3 is 5.97 Å². The number of aliphatic hydroxyl groups is 2. The molecule has 0 bridgehead atoms. The van der Waals surface area contributed by atoms with Crippen molar-refractivity contribution in [2.24, 2.45) is 0 Å². The predicted octanol–water partition coefficient (Wildman–Crippen LogP) is 0.697. The molecule has 90 valence electrons. The Hall–Kier alpha value is -1.33. The zero-order valence-corrected chi connectivity index (χ0v) is 9.34. The zero-order chi connectivity index (χ0) is 12.2. The van der Waals surface area contributed by atoms with Crippen molar-refractivity contribution in [2.75, 3.05) is 13.2 Å². The topological polar surface area (TPSA) is 76.0 Å². The Balaban J connectivity index is 3.04. The lowest BCUT2D eigenvalue weighted by Crippen LogP contribution is -2.51. The molecule has 0 aromatic carbocycles. The Morgan fingerprint density at radius 3 is 2.75 bits per heavy atom. The third-order valence-corrected chi connectivity index (χ3v) is 2.23. The summed E-state index contributed by atoms with van der Waals surface area (Å²) in [5.74, 6) is -0.841. The fourth-order valence-electron chi connectivity index (χ4n) is 1.53. The maximum absolute atomic E-state index is 11.8. The first-order valence-corrected chi connectivity index (χ1v) is 5.16. The summed E-state index contributed by atoms with van der Waals surface area (Å²) in [7, 11) is 0. The van der Waals surface area contributed by atoms with Crippen molar-refractivity contribution < 1.29 is 24.5 Å². The molecule has 0 aliphatic heterocycles. The number of hydrogen-bond donors (Lipinski definition) is 2. The average Bonchev–Trinajstić information content (AvgIpc) is 2.24. The number of carbonyl (C=O) groups excluding carboxylic acids is 1. The van der Waals surface area contributed by atoms with Gasteiger partial charge in [0.05, 0.1) is 6.61 Å². The molecule has 1 rings (SSSR count). The second-order valence-corrected chi connectivity index (χ2v) is 3.32. The maximum atomic E-state index is 11.8. The fraction of sp³-hybridized carbons (Fsp3) is 0.545. The smallest absolute Gasteiger partial charge is 0.345 e. The molecule has 0 spiro atoms. The number of carbonyl (C=O) groups is 1. The number of hydrogen-bond acceptors (Lipinski definition) is 5. The lowest BCUT2D eigenvalue weighted by molar-refractivity contribution is -0.175. The largest absolute Gasteiger partial charge is 0.508 e. The summed E-state index contributed by atoms with van der Waals surface area (Å²) >= 11 is 0. The molecule has 2 N–H and O–H groups in total. The fourth-order valence-corrected chi connectivity index (χ4v) is 1.53. The molecule has 5 heteroatoms. The van der Waals surface area contributed by atoms with Crippen LogP contribution in [0, 0.1) is 0 Å². The molecule has 0 saturated heterocycles. The van der Waals surface area contributed by atoms with Crippen LogP contribution in [0.5, 0.6) is 0 Å². The van der Waals surface area contributed by atoms with Gasteiger partial charge in [0.2, 0.25) is 5.60 Å². The first-order chi connectivity index (χ1) is 7.56. The summed E-state index contributed by atoms with van der Waals surface area (Å²) in [6.45, 7) is 3.75. The van der Waals surface area contributed by atoms with E-state index in [1.54, 1.807) is 13.8 Å². The van der Waals surface area contributed by atoms with Gasteiger partial charge in [-0.2, -0.15) is 0 Å². The summed E-state index contributed by atoms with van der Waals surface area (Å²) in [5.41, 5.74) is -1.64. The highest BCUT2D eigenvalue weighted by molar-refractivity contribution is 5.84.